The molecule has 166 valence electrons. The lowest BCUT2D eigenvalue weighted by Crippen LogP contribution is -2.47. The molecule has 0 N–H and O–H groups in total. The quantitative estimate of drug-likeness (QED) is 0.626. The molecule has 0 saturated carbocycles. The Bertz CT molecular complexity index is 975. The topological polar surface area (TPSA) is 78.0 Å². The van der Waals surface area contributed by atoms with Crippen molar-refractivity contribution in [2.75, 3.05) is 57.3 Å². The highest BCUT2D eigenvalue weighted by Gasteiger charge is 2.42. The maximum Gasteiger partial charge on any atom is 0.298 e. The Kier molecular flexibility index (Phi) is 6.35. The highest BCUT2D eigenvalue weighted by molar-refractivity contribution is 7.91. The van der Waals surface area contributed by atoms with E-state index in [4.69, 9.17) is 0 Å². The number of likely N-dealkylation sites (tertiary alicyclic amines) is 2. The fourth-order valence-electron chi connectivity index (χ4n) is 4.67. The van der Waals surface area contributed by atoms with Gasteiger partial charge in [0.05, 0.1) is 18.1 Å². The average Bonchev–Trinajstić information content (AvgIpc) is 3.18. The standard InChI is InChI=1S/C23H29N3O4S/c27-21(7-6-20-4-2-1-3-5-20)25-11-8-23(9-12-25)10-13-26(19-23)22(28)18-24-14-16-31(29,30)17-15-24/h1-5H,8-19H2. The van der Waals surface area contributed by atoms with Crippen molar-refractivity contribution in [3.8, 4) is 11.8 Å². The minimum Gasteiger partial charge on any atom is -0.341 e. The van der Waals surface area contributed by atoms with Crippen LogP contribution in [0.4, 0.5) is 0 Å². The molecule has 1 aromatic carbocycles. The second-order valence-corrected chi connectivity index (χ2v) is 11.2. The van der Waals surface area contributed by atoms with Crippen LogP contribution in [0.25, 0.3) is 0 Å². The first kappa shape index (κ1) is 21.8. The van der Waals surface area contributed by atoms with Gasteiger partial charge in [0.25, 0.3) is 5.91 Å². The van der Waals surface area contributed by atoms with Crippen molar-refractivity contribution in [1.29, 1.82) is 0 Å². The van der Waals surface area contributed by atoms with E-state index in [1.165, 1.54) is 0 Å². The van der Waals surface area contributed by atoms with Gasteiger partial charge in [-0.25, -0.2) is 8.42 Å². The van der Waals surface area contributed by atoms with Gasteiger partial charge in [-0.05, 0) is 36.8 Å². The Morgan fingerprint density at radius 3 is 2.16 bits per heavy atom. The van der Waals surface area contributed by atoms with Crippen LogP contribution < -0.4 is 0 Å². The Morgan fingerprint density at radius 2 is 1.52 bits per heavy atom. The number of hydrogen-bond acceptors (Lipinski definition) is 5. The van der Waals surface area contributed by atoms with E-state index in [9.17, 15) is 18.0 Å². The predicted molar refractivity (Wildman–Crippen MR) is 118 cm³/mol. The summed E-state index contributed by atoms with van der Waals surface area (Å²) in [4.78, 5) is 30.9. The van der Waals surface area contributed by atoms with Crippen molar-refractivity contribution >= 4 is 21.7 Å². The number of nitrogens with zero attached hydrogens (tertiary/aromatic N) is 3. The molecule has 0 bridgehead atoms. The van der Waals surface area contributed by atoms with Gasteiger partial charge in [-0.15, -0.1) is 0 Å². The van der Waals surface area contributed by atoms with Crippen LogP contribution in [-0.2, 0) is 19.4 Å². The molecule has 3 saturated heterocycles. The number of rotatable bonds is 2. The zero-order valence-corrected chi connectivity index (χ0v) is 18.6. The predicted octanol–water partition coefficient (Wildman–Crippen LogP) is 0.610. The van der Waals surface area contributed by atoms with E-state index >= 15 is 0 Å². The van der Waals surface area contributed by atoms with Crippen molar-refractivity contribution < 1.29 is 18.0 Å². The van der Waals surface area contributed by atoms with Gasteiger partial charge in [0, 0.05) is 50.8 Å². The molecule has 0 aromatic heterocycles. The third-order valence-corrected chi connectivity index (χ3v) is 8.39. The highest BCUT2D eigenvalue weighted by Crippen LogP contribution is 2.40. The zero-order chi connectivity index (χ0) is 21.9. The van der Waals surface area contributed by atoms with Gasteiger partial charge in [-0.1, -0.05) is 24.1 Å². The third kappa shape index (κ3) is 5.46. The average molecular weight is 444 g/mol. The number of benzene rings is 1. The summed E-state index contributed by atoms with van der Waals surface area (Å²) < 4.78 is 23.1. The molecule has 3 fully saturated rings. The van der Waals surface area contributed by atoms with Gasteiger partial charge in [0.15, 0.2) is 9.84 Å². The SMILES string of the molecule is O=C(C#Cc1ccccc1)N1CCC2(CC1)CCN(C(=O)CN1CCS(=O)(=O)CC1)C2. The van der Waals surface area contributed by atoms with Gasteiger partial charge in [0.1, 0.15) is 0 Å². The maximum absolute atomic E-state index is 12.7. The Balaban J connectivity index is 1.25. The van der Waals surface area contributed by atoms with E-state index in [1.54, 1.807) is 0 Å². The number of carbonyl (C=O) groups excluding carboxylic acids is 2. The Labute approximate surface area is 184 Å². The number of amides is 2. The van der Waals surface area contributed by atoms with Crippen LogP contribution in [0.3, 0.4) is 0 Å². The monoisotopic (exact) mass is 443 g/mol. The highest BCUT2D eigenvalue weighted by atomic mass is 32.2. The van der Waals surface area contributed by atoms with Gasteiger partial charge < -0.3 is 9.80 Å². The second kappa shape index (κ2) is 9.01. The van der Waals surface area contributed by atoms with Crippen LogP contribution >= 0.6 is 0 Å². The molecule has 1 spiro atoms. The first-order valence-electron chi connectivity index (χ1n) is 10.9. The third-order valence-electron chi connectivity index (χ3n) is 6.79. The van der Waals surface area contributed by atoms with E-state index in [1.807, 2.05) is 45.0 Å². The summed E-state index contributed by atoms with van der Waals surface area (Å²) >= 11 is 0. The van der Waals surface area contributed by atoms with Crippen LogP contribution in [0, 0.1) is 17.3 Å². The molecule has 3 aliphatic rings. The number of sulfone groups is 1. The lowest BCUT2D eigenvalue weighted by molar-refractivity contribution is -0.132. The minimum atomic E-state index is -2.93. The smallest absolute Gasteiger partial charge is 0.298 e. The molecule has 2 amide bonds. The summed E-state index contributed by atoms with van der Waals surface area (Å²) in [5.41, 5.74) is 0.922. The summed E-state index contributed by atoms with van der Waals surface area (Å²) in [5.74, 6) is 5.91. The molecule has 3 heterocycles. The van der Waals surface area contributed by atoms with E-state index < -0.39 is 9.84 Å². The number of piperidine rings is 1. The molecule has 8 heteroatoms. The van der Waals surface area contributed by atoms with E-state index in [2.05, 4.69) is 11.8 Å². The largest absolute Gasteiger partial charge is 0.341 e. The molecular weight excluding hydrogens is 414 g/mol. The Morgan fingerprint density at radius 1 is 0.903 bits per heavy atom. The van der Waals surface area contributed by atoms with Crippen molar-refractivity contribution in [3.05, 3.63) is 35.9 Å². The van der Waals surface area contributed by atoms with Crippen LogP contribution in [0.1, 0.15) is 24.8 Å². The maximum atomic E-state index is 12.7. The molecule has 0 radical (unpaired) electrons. The van der Waals surface area contributed by atoms with E-state index in [0.29, 0.717) is 32.7 Å². The molecule has 0 unspecified atom stereocenters. The van der Waals surface area contributed by atoms with Gasteiger partial charge >= 0.3 is 0 Å². The molecule has 31 heavy (non-hydrogen) atoms. The van der Waals surface area contributed by atoms with Crippen LogP contribution in [0.2, 0.25) is 0 Å². The van der Waals surface area contributed by atoms with Crippen LogP contribution in [0.15, 0.2) is 30.3 Å². The molecule has 1 aromatic rings. The fourth-order valence-corrected chi connectivity index (χ4v) is 5.94. The minimum absolute atomic E-state index is 0.0865. The van der Waals surface area contributed by atoms with Crippen molar-refractivity contribution in [2.45, 2.75) is 19.3 Å². The van der Waals surface area contributed by atoms with E-state index in [0.717, 1.165) is 37.9 Å². The summed E-state index contributed by atoms with van der Waals surface area (Å²) in [6.07, 6.45) is 2.74. The van der Waals surface area contributed by atoms with Gasteiger partial charge in [0.2, 0.25) is 5.91 Å². The van der Waals surface area contributed by atoms with Crippen molar-refractivity contribution in [3.63, 3.8) is 0 Å². The number of hydrogen-bond donors (Lipinski definition) is 0. The summed E-state index contributed by atoms with van der Waals surface area (Å²) in [6.45, 7) is 4.00. The first-order valence-corrected chi connectivity index (χ1v) is 12.7. The zero-order valence-electron chi connectivity index (χ0n) is 17.8. The lowest BCUT2D eigenvalue weighted by atomic mass is 9.78. The Hall–Kier alpha value is -2.37. The molecule has 4 rings (SSSR count). The van der Waals surface area contributed by atoms with Gasteiger partial charge in [-0.3, -0.25) is 14.5 Å². The van der Waals surface area contributed by atoms with Crippen molar-refractivity contribution in [1.82, 2.24) is 14.7 Å². The molecular formula is C23H29N3O4S. The number of carbonyl (C=O) groups is 2. The first-order chi connectivity index (χ1) is 14.8. The molecule has 7 nitrogen and oxygen atoms in total. The molecule has 3 aliphatic heterocycles. The van der Waals surface area contributed by atoms with Gasteiger partial charge in [-0.2, -0.15) is 0 Å². The van der Waals surface area contributed by atoms with Crippen LogP contribution in [0.5, 0.6) is 0 Å². The summed E-state index contributed by atoms with van der Waals surface area (Å²) in [5, 5.41) is 0. The summed E-state index contributed by atoms with van der Waals surface area (Å²) in [6, 6.07) is 9.50. The van der Waals surface area contributed by atoms with Crippen LogP contribution in [-0.4, -0.2) is 92.3 Å². The van der Waals surface area contributed by atoms with Crippen molar-refractivity contribution in [2.24, 2.45) is 5.41 Å². The van der Waals surface area contributed by atoms with E-state index in [-0.39, 0.29) is 28.7 Å². The second-order valence-electron chi connectivity index (χ2n) is 8.90. The molecule has 0 aliphatic carbocycles. The normalized spacial score (nSPS) is 22.7. The molecule has 0 atom stereocenters. The fraction of sp³-hybridized carbons (Fsp3) is 0.565. The summed E-state index contributed by atoms with van der Waals surface area (Å²) in [7, 11) is -2.93. The lowest BCUT2D eigenvalue weighted by Gasteiger charge is -2.38.